The molecule has 5 nitrogen and oxygen atoms in total. The van der Waals surface area contributed by atoms with Gasteiger partial charge in [-0.15, -0.1) is 0 Å². The second-order valence-electron chi connectivity index (χ2n) is 5.71. The van der Waals surface area contributed by atoms with E-state index in [1.54, 1.807) is 11.9 Å². The van der Waals surface area contributed by atoms with Gasteiger partial charge in [-0.1, -0.05) is 36.4 Å². The highest BCUT2D eigenvalue weighted by atomic mass is 16.6. The van der Waals surface area contributed by atoms with Crippen molar-refractivity contribution in [3.63, 3.8) is 0 Å². The van der Waals surface area contributed by atoms with Crippen LogP contribution in [0.1, 0.15) is 11.1 Å². The van der Waals surface area contributed by atoms with Crippen molar-refractivity contribution in [2.45, 2.75) is 13.2 Å². The molecule has 1 heterocycles. The Balaban J connectivity index is 1.49. The Morgan fingerprint density at radius 3 is 2.58 bits per heavy atom. The molecule has 0 saturated heterocycles. The number of nitrogens with zero attached hydrogens (tertiary/aromatic N) is 1. The lowest BCUT2D eigenvalue weighted by molar-refractivity contribution is -0.135. The molecule has 5 heteroatoms. The van der Waals surface area contributed by atoms with E-state index in [1.807, 2.05) is 48.5 Å². The molecule has 0 radical (unpaired) electrons. The molecule has 2 aromatic rings. The fraction of sp³-hybridized carbons (Fsp3) is 0.316. The molecule has 1 amide bonds. The van der Waals surface area contributed by atoms with Crippen molar-refractivity contribution in [1.29, 1.82) is 0 Å². The summed E-state index contributed by atoms with van der Waals surface area (Å²) < 4.78 is 16.6. The fourth-order valence-electron chi connectivity index (χ4n) is 2.49. The van der Waals surface area contributed by atoms with Gasteiger partial charge in [0, 0.05) is 13.6 Å². The molecule has 0 saturated carbocycles. The summed E-state index contributed by atoms with van der Waals surface area (Å²) in [6.07, 6.45) is 0. The second kappa shape index (κ2) is 7.84. The van der Waals surface area contributed by atoms with Gasteiger partial charge < -0.3 is 19.1 Å². The number of fused-ring (bicyclic) bond motifs is 1. The molecule has 24 heavy (non-hydrogen) atoms. The number of carbonyl (C=O) groups is 1. The number of amides is 1. The Labute approximate surface area is 141 Å². The van der Waals surface area contributed by atoms with Gasteiger partial charge in [0.25, 0.3) is 0 Å². The summed E-state index contributed by atoms with van der Waals surface area (Å²) in [4.78, 5) is 13.8. The van der Waals surface area contributed by atoms with Crippen molar-refractivity contribution >= 4 is 5.91 Å². The largest absolute Gasteiger partial charge is 0.486 e. The van der Waals surface area contributed by atoms with Gasteiger partial charge in [0.15, 0.2) is 11.5 Å². The summed E-state index contributed by atoms with van der Waals surface area (Å²) in [6, 6.07) is 15.6. The number of benzene rings is 2. The monoisotopic (exact) mass is 327 g/mol. The molecule has 0 N–H and O–H groups in total. The van der Waals surface area contributed by atoms with E-state index in [9.17, 15) is 4.79 Å². The minimum absolute atomic E-state index is 0.0548. The maximum absolute atomic E-state index is 12.2. The maximum atomic E-state index is 12.2. The Morgan fingerprint density at radius 2 is 1.79 bits per heavy atom. The smallest absolute Gasteiger partial charge is 0.248 e. The lowest BCUT2D eigenvalue weighted by Crippen LogP contribution is -2.29. The molecule has 1 aliphatic rings. The summed E-state index contributed by atoms with van der Waals surface area (Å²) >= 11 is 0. The number of hydrogen-bond acceptors (Lipinski definition) is 4. The zero-order valence-corrected chi connectivity index (χ0v) is 13.7. The molecule has 1 aliphatic heterocycles. The molecule has 0 unspecified atom stereocenters. The van der Waals surface area contributed by atoms with Gasteiger partial charge in [-0.2, -0.15) is 0 Å². The fourth-order valence-corrected chi connectivity index (χ4v) is 2.49. The highest BCUT2D eigenvalue weighted by Gasteiger charge is 2.14. The van der Waals surface area contributed by atoms with Crippen molar-refractivity contribution < 1.29 is 19.0 Å². The van der Waals surface area contributed by atoms with Gasteiger partial charge in [0.2, 0.25) is 5.91 Å². The highest BCUT2D eigenvalue weighted by Crippen LogP contribution is 2.31. The van der Waals surface area contributed by atoms with Crippen LogP contribution in [0.3, 0.4) is 0 Å². The van der Waals surface area contributed by atoms with Gasteiger partial charge in [-0.05, 0) is 23.3 Å². The molecule has 0 fully saturated rings. The zero-order valence-electron chi connectivity index (χ0n) is 13.7. The van der Waals surface area contributed by atoms with E-state index in [-0.39, 0.29) is 12.5 Å². The Hall–Kier alpha value is -2.53. The number of hydrogen-bond donors (Lipinski definition) is 0. The van der Waals surface area contributed by atoms with E-state index in [1.165, 1.54) is 0 Å². The summed E-state index contributed by atoms with van der Waals surface area (Å²) in [5, 5.41) is 0. The third-order valence-corrected chi connectivity index (χ3v) is 3.79. The molecule has 0 spiro atoms. The van der Waals surface area contributed by atoms with Crippen molar-refractivity contribution in [2.24, 2.45) is 0 Å². The Kier molecular flexibility index (Phi) is 5.33. The molecular formula is C19H21NO4. The average molecular weight is 327 g/mol. The van der Waals surface area contributed by atoms with Crippen LogP contribution >= 0.6 is 0 Å². The first kappa shape index (κ1) is 16.3. The van der Waals surface area contributed by atoms with Gasteiger partial charge in [-0.3, -0.25) is 4.79 Å². The van der Waals surface area contributed by atoms with Gasteiger partial charge in [-0.25, -0.2) is 0 Å². The van der Waals surface area contributed by atoms with Crippen molar-refractivity contribution in [2.75, 3.05) is 26.9 Å². The predicted molar refractivity (Wildman–Crippen MR) is 90.0 cm³/mol. The molecular weight excluding hydrogens is 306 g/mol. The van der Waals surface area contributed by atoms with E-state index in [0.717, 1.165) is 22.6 Å². The minimum Gasteiger partial charge on any atom is -0.486 e. The summed E-state index contributed by atoms with van der Waals surface area (Å²) in [6.45, 7) is 2.13. The Morgan fingerprint density at radius 1 is 1.04 bits per heavy atom. The number of likely N-dealkylation sites (N-methyl/N-ethyl adjacent to an activating group) is 1. The van der Waals surface area contributed by atoms with E-state index in [4.69, 9.17) is 14.2 Å². The van der Waals surface area contributed by atoms with E-state index >= 15 is 0 Å². The molecule has 0 bridgehead atoms. The topological polar surface area (TPSA) is 48.0 Å². The zero-order chi connectivity index (χ0) is 16.8. The Bertz CT molecular complexity index is 687. The molecule has 0 aromatic heterocycles. The van der Waals surface area contributed by atoms with Gasteiger partial charge in [0.05, 0.1) is 6.61 Å². The molecule has 0 aliphatic carbocycles. The third kappa shape index (κ3) is 4.26. The van der Waals surface area contributed by atoms with E-state index < -0.39 is 0 Å². The van der Waals surface area contributed by atoms with Crippen LogP contribution in [0.2, 0.25) is 0 Å². The standard InChI is InChI=1S/C19H21NO4/c1-20(19(21)14-22-13-15-5-3-2-4-6-15)12-16-7-8-17-18(11-16)24-10-9-23-17/h2-8,11H,9-10,12-14H2,1H3. The maximum Gasteiger partial charge on any atom is 0.248 e. The first-order valence-corrected chi connectivity index (χ1v) is 7.96. The van der Waals surface area contributed by atoms with Crippen molar-refractivity contribution in [3.8, 4) is 11.5 Å². The normalized spacial score (nSPS) is 12.7. The van der Waals surface area contributed by atoms with Crippen LogP contribution < -0.4 is 9.47 Å². The van der Waals surface area contributed by atoms with Crippen LogP contribution in [-0.2, 0) is 22.7 Å². The van der Waals surface area contributed by atoms with Crippen molar-refractivity contribution in [1.82, 2.24) is 4.90 Å². The third-order valence-electron chi connectivity index (χ3n) is 3.79. The summed E-state index contributed by atoms with van der Waals surface area (Å²) in [7, 11) is 1.77. The SMILES string of the molecule is CN(Cc1ccc2c(c1)OCCO2)C(=O)COCc1ccccc1. The first-order chi connectivity index (χ1) is 11.7. The van der Waals surface area contributed by atoms with Crippen LogP contribution in [0.15, 0.2) is 48.5 Å². The predicted octanol–water partition coefficient (Wildman–Crippen LogP) is 2.63. The minimum atomic E-state index is -0.0548. The van der Waals surface area contributed by atoms with Gasteiger partial charge >= 0.3 is 0 Å². The number of ether oxygens (including phenoxy) is 3. The van der Waals surface area contributed by atoms with E-state index in [0.29, 0.717) is 26.4 Å². The summed E-state index contributed by atoms with van der Waals surface area (Å²) in [5.41, 5.74) is 2.05. The van der Waals surface area contributed by atoms with Crippen LogP contribution in [0.5, 0.6) is 11.5 Å². The molecule has 0 atom stereocenters. The second-order valence-corrected chi connectivity index (χ2v) is 5.71. The van der Waals surface area contributed by atoms with Crippen LogP contribution in [0.4, 0.5) is 0 Å². The number of rotatable bonds is 6. The molecule has 126 valence electrons. The lowest BCUT2D eigenvalue weighted by Gasteiger charge is -2.21. The van der Waals surface area contributed by atoms with Gasteiger partial charge in [0.1, 0.15) is 19.8 Å². The van der Waals surface area contributed by atoms with Crippen LogP contribution in [0, 0.1) is 0 Å². The quantitative estimate of drug-likeness (QED) is 0.818. The van der Waals surface area contributed by atoms with Crippen LogP contribution in [0.25, 0.3) is 0 Å². The lowest BCUT2D eigenvalue weighted by atomic mass is 10.2. The summed E-state index contributed by atoms with van der Waals surface area (Å²) in [5.74, 6) is 1.44. The average Bonchev–Trinajstić information content (AvgIpc) is 2.62. The highest BCUT2D eigenvalue weighted by molar-refractivity contribution is 5.77. The number of carbonyl (C=O) groups excluding carboxylic acids is 1. The van der Waals surface area contributed by atoms with E-state index in [2.05, 4.69) is 0 Å². The molecule has 2 aromatic carbocycles. The molecule has 3 rings (SSSR count). The van der Waals surface area contributed by atoms with Crippen molar-refractivity contribution in [3.05, 3.63) is 59.7 Å². The first-order valence-electron chi connectivity index (χ1n) is 7.96. The van der Waals surface area contributed by atoms with Crippen LogP contribution in [-0.4, -0.2) is 37.7 Å².